The van der Waals surface area contributed by atoms with E-state index in [1.54, 1.807) is 0 Å². The average Bonchev–Trinajstić information content (AvgIpc) is 2.01. The highest BCUT2D eigenvalue weighted by molar-refractivity contribution is 5.77. The van der Waals surface area contributed by atoms with Crippen LogP contribution in [0.4, 0.5) is 13.2 Å². The molecule has 13 heavy (non-hydrogen) atoms. The van der Waals surface area contributed by atoms with Crippen LogP contribution in [-0.4, -0.2) is 31.9 Å². The van der Waals surface area contributed by atoms with Crippen LogP contribution in [0.2, 0.25) is 0 Å². The number of ether oxygens (including phenoxy) is 1. The van der Waals surface area contributed by atoms with Gasteiger partial charge in [-0.2, -0.15) is 13.2 Å². The van der Waals surface area contributed by atoms with Gasteiger partial charge in [-0.05, 0) is 0 Å². The third-order valence-corrected chi connectivity index (χ3v) is 0.931. The molecule has 0 bridgehead atoms. The highest BCUT2D eigenvalue weighted by atomic mass is 19.4. The Morgan fingerprint density at radius 1 is 1.46 bits per heavy atom. The molecule has 0 aliphatic rings. The molecule has 78 valence electrons. The van der Waals surface area contributed by atoms with E-state index in [0.29, 0.717) is 0 Å². The van der Waals surface area contributed by atoms with Gasteiger partial charge in [-0.1, -0.05) is 0 Å². The van der Waals surface area contributed by atoms with Gasteiger partial charge in [-0.15, -0.1) is 0 Å². The second kappa shape index (κ2) is 5.60. The zero-order valence-corrected chi connectivity index (χ0v) is 6.77. The number of alkyl halides is 3. The number of nitrogens with zero attached hydrogens (tertiary/aromatic N) is 1. The number of nitrogens with one attached hydrogen (secondary N) is 1. The Morgan fingerprint density at radius 3 is 2.54 bits per heavy atom. The van der Waals surface area contributed by atoms with Crippen LogP contribution in [0.5, 0.6) is 0 Å². The van der Waals surface area contributed by atoms with Gasteiger partial charge < -0.3 is 10.5 Å². The van der Waals surface area contributed by atoms with Crippen LogP contribution in [0.25, 0.3) is 0 Å². The van der Waals surface area contributed by atoms with Gasteiger partial charge in [0.2, 0.25) is 5.96 Å². The average molecular weight is 200 g/mol. The number of hydrazine groups is 1. The number of hydrogen-bond donors (Lipinski definition) is 3. The van der Waals surface area contributed by atoms with Crippen LogP contribution >= 0.6 is 0 Å². The first-order valence-electron chi connectivity index (χ1n) is 3.37. The number of guanidine groups is 1. The van der Waals surface area contributed by atoms with Crippen LogP contribution in [0, 0.1) is 0 Å². The standard InChI is InChI=1S/C5H11F3N4O/c6-5(7,8)3-13-2-1-11-4(9)12-10/h1-3,10H2,(H3,9,11,12). The number of hydrogen-bond acceptors (Lipinski definition) is 3. The number of nitrogens with two attached hydrogens (primary N) is 2. The Labute approximate surface area is 72.9 Å². The van der Waals surface area contributed by atoms with Gasteiger partial charge in [0.15, 0.2) is 0 Å². The Kier molecular flexibility index (Phi) is 5.16. The maximum absolute atomic E-state index is 11.5. The van der Waals surface area contributed by atoms with Crippen molar-refractivity contribution in [1.29, 1.82) is 0 Å². The molecule has 5 nitrogen and oxygen atoms in total. The van der Waals surface area contributed by atoms with Crippen molar-refractivity contribution in [2.45, 2.75) is 6.18 Å². The van der Waals surface area contributed by atoms with Gasteiger partial charge in [0.05, 0.1) is 13.2 Å². The lowest BCUT2D eigenvalue weighted by molar-refractivity contribution is -0.173. The first-order chi connectivity index (χ1) is 5.95. The molecule has 0 aromatic heterocycles. The second-order valence-corrected chi connectivity index (χ2v) is 2.08. The predicted octanol–water partition coefficient (Wildman–Crippen LogP) is -0.657. The minimum absolute atomic E-state index is 0.0338. The Bertz CT molecular complexity index is 170. The molecule has 0 aliphatic carbocycles. The minimum Gasteiger partial charge on any atom is -0.370 e. The van der Waals surface area contributed by atoms with Crippen LogP contribution < -0.4 is 17.0 Å². The summed E-state index contributed by atoms with van der Waals surface area (Å²) >= 11 is 0. The highest BCUT2D eigenvalue weighted by Gasteiger charge is 2.27. The quantitative estimate of drug-likeness (QED) is 0.185. The number of halogens is 3. The Balaban J connectivity index is 3.37. The van der Waals surface area contributed by atoms with Crippen LogP contribution in [0.3, 0.4) is 0 Å². The third kappa shape index (κ3) is 8.89. The molecule has 0 unspecified atom stereocenters. The molecule has 0 aromatic carbocycles. The van der Waals surface area contributed by atoms with E-state index in [1.165, 1.54) is 0 Å². The van der Waals surface area contributed by atoms with Gasteiger partial charge in [0.1, 0.15) is 6.61 Å². The van der Waals surface area contributed by atoms with Crippen LogP contribution in [0.1, 0.15) is 0 Å². The van der Waals surface area contributed by atoms with Crippen LogP contribution in [0.15, 0.2) is 4.99 Å². The maximum Gasteiger partial charge on any atom is 0.411 e. The SMILES string of the molecule is NNC(N)=NCCOCC(F)(F)F. The van der Waals surface area contributed by atoms with E-state index >= 15 is 0 Å². The van der Waals surface area contributed by atoms with Crippen molar-refractivity contribution in [2.75, 3.05) is 19.8 Å². The largest absolute Gasteiger partial charge is 0.411 e. The molecular weight excluding hydrogens is 189 g/mol. The van der Waals surface area contributed by atoms with Crippen molar-refractivity contribution >= 4 is 5.96 Å². The van der Waals surface area contributed by atoms with E-state index in [1.807, 2.05) is 5.43 Å². The highest BCUT2D eigenvalue weighted by Crippen LogP contribution is 2.13. The van der Waals surface area contributed by atoms with Crippen molar-refractivity contribution in [3.63, 3.8) is 0 Å². The summed E-state index contributed by atoms with van der Waals surface area (Å²) in [5.74, 6) is 4.78. The molecule has 8 heteroatoms. The van der Waals surface area contributed by atoms with E-state index in [-0.39, 0.29) is 19.1 Å². The molecule has 0 atom stereocenters. The molecular formula is C5H11F3N4O. The molecule has 0 spiro atoms. The summed E-state index contributed by atoms with van der Waals surface area (Å²) in [6, 6.07) is 0. The Hall–Kier alpha value is -1.02. The molecule has 0 heterocycles. The van der Waals surface area contributed by atoms with Crippen molar-refractivity contribution < 1.29 is 17.9 Å². The molecule has 5 N–H and O–H groups in total. The summed E-state index contributed by atoms with van der Waals surface area (Å²) in [7, 11) is 0. The summed E-state index contributed by atoms with van der Waals surface area (Å²) in [6.45, 7) is -1.40. The van der Waals surface area contributed by atoms with E-state index in [2.05, 4.69) is 9.73 Å². The summed E-state index contributed by atoms with van der Waals surface area (Å²) in [5, 5.41) is 0. The van der Waals surface area contributed by atoms with Crippen molar-refractivity contribution in [2.24, 2.45) is 16.6 Å². The molecule has 0 saturated heterocycles. The second-order valence-electron chi connectivity index (χ2n) is 2.08. The monoisotopic (exact) mass is 200 g/mol. The molecule has 0 aromatic rings. The molecule has 0 fully saturated rings. The van der Waals surface area contributed by atoms with E-state index in [0.717, 1.165) is 0 Å². The maximum atomic E-state index is 11.5. The fourth-order valence-electron chi connectivity index (χ4n) is 0.464. The normalized spacial score (nSPS) is 13.1. The summed E-state index contributed by atoms with van der Waals surface area (Å²) in [5.41, 5.74) is 7.10. The van der Waals surface area contributed by atoms with Gasteiger partial charge in [0, 0.05) is 0 Å². The van der Waals surface area contributed by atoms with E-state index < -0.39 is 12.8 Å². The Morgan fingerprint density at radius 2 is 2.08 bits per heavy atom. The summed E-state index contributed by atoms with van der Waals surface area (Å²) in [4.78, 5) is 3.53. The van der Waals surface area contributed by atoms with Gasteiger partial charge >= 0.3 is 6.18 Å². The van der Waals surface area contributed by atoms with Crippen molar-refractivity contribution in [1.82, 2.24) is 5.43 Å². The topological polar surface area (TPSA) is 85.7 Å². The molecule has 0 amide bonds. The van der Waals surface area contributed by atoms with Crippen molar-refractivity contribution in [3.8, 4) is 0 Å². The third-order valence-electron chi connectivity index (χ3n) is 0.931. The molecule has 0 radical (unpaired) electrons. The van der Waals surface area contributed by atoms with E-state index in [4.69, 9.17) is 11.6 Å². The zero-order valence-electron chi connectivity index (χ0n) is 6.77. The van der Waals surface area contributed by atoms with E-state index in [9.17, 15) is 13.2 Å². The number of aliphatic imine (C=N–C) groups is 1. The lowest BCUT2D eigenvalue weighted by Gasteiger charge is -2.05. The summed E-state index contributed by atoms with van der Waals surface area (Å²) < 4.78 is 38.7. The summed E-state index contributed by atoms with van der Waals surface area (Å²) in [6.07, 6.45) is -4.30. The molecule has 0 saturated carbocycles. The zero-order chi connectivity index (χ0) is 10.3. The lowest BCUT2D eigenvalue weighted by atomic mass is 10.6. The first-order valence-corrected chi connectivity index (χ1v) is 3.37. The smallest absolute Gasteiger partial charge is 0.370 e. The van der Waals surface area contributed by atoms with Gasteiger partial charge in [0.25, 0.3) is 0 Å². The minimum atomic E-state index is -4.30. The van der Waals surface area contributed by atoms with Gasteiger partial charge in [-0.3, -0.25) is 5.43 Å². The molecule has 0 aliphatic heterocycles. The lowest BCUT2D eigenvalue weighted by Crippen LogP contribution is -2.37. The predicted molar refractivity (Wildman–Crippen MR) is 40.7 cm³/mol. The fourth-order valence-corrected chi connectivity index (χ4v) is 0.464. The number of rotatable bonds is 4. The van der Waals surface area contributed by atoms with Gasteiger partial charge in [-0.25, -0.2) is 10.8 Å². The van der Waals surface area contributed by atoms with Crippen LogP contribution in [-0.2, 0) is 4.74 Å². The fraction of sp³-hybridized carbons (Fsp3) is 0.800. The first kappa shape index (κ1) is 12.0. The van der Waals surface area contributed by atoms with Crippen molar-refractivity contribution in [3.05, 3.63) is 0 Å². The molecule has 0 rings (SSSR count).